The lowest BCUT2D eigenvalue weighted by atomic mass is 9.91. The van der Waals surface area contributed by atoms with Gasteiger partial charge in [0, 0.05) is 12.0 Å². The van der Waals surface area contributed by atoms with E-state index >= 15 is 0 Å². The molecule has 1 heterocycles. The van der Waals surface area contributed by atoms with Crippen molar-refractivity contribution in [3.8, 4) is 0 Å². The molecule has 1 amide bonds. The molecule has 0 aromatic carbocycles. The third-order valence-electron chi connectivity index (χ3n) is 4.17. The van der Waals surface area contributed by atoms with E-state index in [2.05, 4.69) is 10.6 Å². The van der Waals surface area contributed by atoms with Crippen molar-refractivity contribution in [2.75, 3.05) is 19.7 Å². The highest BCUT2D eigenvalue weighted by molar-refractivity contribution is 5.79. The highest BCUT2D eigenvalue weighted by atomic mass is 19.4. The van der Waals surface area contributed by atoms with E-state index in [1.54, 1.807) is 0 Å². The summed E-state index contributed by atoms with van der Waals surface area (Å²) in [4.78, 5) is 12.1. The molecule has 2 rings (SSSR count). The van der Waals surface area contributed by atoms with Crippen LogP contribution in [0.3, 0.4) is 0 Å². The predicted octanol–water partition coefficient (Wildman–Crippen LogP) is 1.99. The average Bonchev–Trinajstić information content (AvgIpc) is 2.46. The van der Waals surface area contributed by atoms with Crippen LogP contribution in [-0.4, -0.2) is 43.9 Å². The van der Waals surface area contributed by atoms with Crippen LogP contribution in [-0.2, 0) is 9.53 Å². The van der Waals surface area contributed by atoms with Gasteiger partial charge in [-0.05, 0) is 51.6 Å². The van der Waals surface area contributed by atoms with Crippen LogP contribution in [0.25, 0.3) is 0 Å². The SMILES string of the molecule is O=C(NC1CCCC(OCC(F)(F)F)C1)C1CCNCC1. The van der Waals surface area contributed by atoms with Crippen molar-refractivity contribution in [3.63, 3.8) is 0 Å². The summed E-state index contributed by atoms with van der Waals surface area (Å²) in [6.07, 6.45) is -0.311. The number of alkyl halides is 3. The first-order valence-corrected chi connectivity index (χ1v) is 7.63. The molecule has 1 saturated heterocycles. The van der Waals surface area contributed by atoms with Gasteiger partial charge in [-0.2, -0.15) is 13.2 Å². The lowest BCUT2D eigenvalue weighted by Gasteiger charge is -2.31. The second kappa shape index (κ2) is 7.45. The molecule has 21 heavy (non-hydrogen) atoms. The molecule has 0 radical (unpaired) electrons. The van der Waals surface area contributed by atoms with E-state index in [4.69, 9.17) is 4.74 Å². The van der Waals surface area contributed by atoms with E-state index in [0.29, 0.717) is 12.8 Å². The number of halogens is 3. The van der Waals surface area contributed by atoms with Gasteiger partial charge in [0.25, 0.3) is 0 Å². The van der Waals surface area contributed by atoms with Gasteiger partial charge in [0.1, 0.15) is 6.61 Å². The molecule has 2 fully saturated rings. The second-order valence-corrected chi connectivity index (χ2v) is 5.94. The Labute approximate surface area is 122 Å². The molecule has 0 aromatic rings. The Balaban J connectivity index is 1.74. The zero-order chi connectivity index (χ0) is 15.3. The number of rotatable bonds is 4. The van der Waals surface area contributed by atoms with Crippen LogP contribution in [0.4, 0.5) is 13.2 Å². The number of carbonyl (C=O) groups is 1. The van der Waals surface area contributed by atoms with Crippen LogP contribution in [0.1, 0.15) is 38.5 Å². The third-order valence-corrected chi connectivity index (χ3v) is 4.17. The minimum Gasteiger partial charge on any atom is -0.369 e. The van der Waals surface area contributed by atoms with Crippen LogP contribution < -0.4 is 10.6 Å². The van der Waals surface area contributed by atoms with Crippen molar-refractivity contribution >= 4 is 5.91 Å². The number of ether oxygens (including phenoxy) is 1. The standard InChI is InChI=1S/C14H23F3N2O2/c15-14(16,17)9-21-12-3-1-2-11(8-12)19-13(20)10-4-6-18-7-5-10/h10-12,18H,1-9H2,(H,19,20). The Morgan fingerprint density at radius 1 is 1.19 bits per heavy atom. The summed E-state index contributed by atoms with van der Waals surface area (Å²) in [7, 11) is 0. The summed E-state index contributed by atoms with van der Waals surface area (Å²) in [5.74, 6) is 0.0701. The molecule has 2 unspecified atom stereocenters. The van der Waals surface area contributed by atoms with Gasteiger partial charge in [0.2, 0.25) is 5.91 Å². The Bertz CT molecular complexity index is 344. The topological polar surface area (TPSA) is 50.4 Å². The van der Waals surface area contributed by atoms with Crippen LogP contribution in [0, 0.1) is 5.92 Å². The lowest BCUT2D eigenvalue weighted by Crippen LogP contribution is -2.45. The highest BCUT2D eigenvalue weighted by Crippen LogP contribution is 2.24. The maximum absolute atomic E-state index is 12.2. The lowest BCUT2D eigenvalue weighted by molar-refractivity contribution is -0.188. The molecule has 2 atom stereocenters. The van der Waals surface area contributed by atoms with E-state index in [1.165, 1.54) is 0 Å². The normalized spacial score (nSPS) is 28.3. The maximum Gasteiger partial charge on any atom is 0.411 e. The van der Waals surface area contributed by atoms with Gasteiger partial charge < -0.3 is 15.4 Å². The van der Waals surface area contributed by atoms with Crippen molar-refractivity contribution < 1.29 is 22.7 Å². The van der Waals surface area contributed by atoms with Crippen molar-refractivity contribution in [1.82, 2.24) is 10.6 Å². The molecule has 0 aromatic heterocycles. The largest absolute Gasteiger partial charge is 0.411 e. The van der Waals surface area contributed by atoms with E-state index in [-0.39, 0.29) is 17.9 Å². The number of carbonyl (C=O) groups excluding carboxylic acids is 1. The van der Waals surface area contributed by atoms with Gasteiger partial charge in [-0.15, -0.1) is 0 Å². The fourth-order valence-electron chi connectivity index (χ4n) is 3.04. The number of amides is 1. The monoisotopic (exact) mass is 308 g/mol. The number of nitrogens with one attached hydrogen (secondary N) is 2. The smallest absolute Gasteiger partial charge is 0.369 e. The quantitative estimate of drug-likeness (QED) is 0.835. The van der Waals surface area contributed by atoms with E-state index in [0.717, 1.165) is 38.8 Å². The van der Waals surface area contributed by atoms with Gasteiger partial charge in [-0.25, -0.2) is 0 Å². The Morgan fingerprint density at radius 3 is 2.57 bits per heavy atom. The van der Waals surface area contributed by atoms with Crippen molar-refractivity contribution in [1.29, 1.82) is 0 Å². The van der Waals surface area contributed by atoms with Crippen molar-refractivity contribution in [3.05, 3.63) is 0 Å². The van der Waals surface area contributed by atoms with Crippen LogP contribution >= 0.6 is 0 Å². The molecule has 7 heteroatoms. The zero-order valence-electron chi connectivity index (χ0n) is 12.0. The van der Waals surface area contributed by atoms with Gasteiger partial charge in [0.15, 0.2) is 0 Å². The average molecular weight is 308 g/mol. The van der Waals surface area contributed by atoms with E-state index in [9.17, 15) is 18.0 Å². The Morgan fingerprint density at radius 2 is 1.90 bits per heavy atom. The van der Waals surface area contributed by atoms with Gasteiger partial charge in [0.05, 0.1) is 6.10 Å². The summed E-state index contributed by atoms with van der Waals surface area (Å²) >= 11 is 0. The molecular formula is C14H23F3N2O2. The highest BCUT2D eigenvalue weighted by Gasteiger charge is 2.32. The second-order valence-electron chi connectivity index (χ2n) is 5.94. The van der Waals surface area contributed by atoms with Gasteiger partial charge in [-0.3, -0.25) is 4.79 Å². The van der Waals surface area contributed by atoms with Gasteiger partial charge >= 0.3 is 6.18 Å². The summed E-state index contributed by atoms with van der Waals surface area (Å²) in [6.45, 7) is 0.493. The Kier molecular flexibility index (Phi) is 5.87. The van der Waals surface area contributed by atoms with Crippen LogP contribution in [0.2, 0.25) is 0 Å². The summed E-state index contributed by atoms with van der Waals surface area (Å²) in [5, 5.41) is 6.19. The minimum absolute atomic E-state index is 0.0303. The summed E-state index contributed by atoms with van der Waals surface area (Å²) < 4.78 is 41.4. The van der Waals surface area contributed by atoms with Crippen LogP contribution in [0.15, 0.2) is 0 Å². The first-order chi connectivity index (χ1) is 9.94. The molecule has 0 bridgehead atoms. The number of piperidine rings is 1. The zero-order valence-corrected chi connectivity index (χ0v) is 12.0. The van der Waals surface area contributed by atoms with Crippen LogP contribution in [0.5, 0.6) is 0 Å². The molecule has 0 spiro atoms. The molecule has 2 aliphatic rings. The summed E-state index contributed by atoms with van der Waals surface area (Å²) in [6, 6.07) is -0.0561. The molecule has 1 aliphatic heterocycles. The fourth-order valence-corrected chi connectivity index (χ4v) is 3.04. The number of hydrogen-bond donors (Lipinski definition) is 2. The van der Waals surface area contributed by atoms with E-state index in [1.807, 2.05) is 0 Å². The fraction of sp³-hybridized carbons (Fsp3) is 0.929. The molecule has 122 valence electrons. The number of hydrogen-bond acceptors (Lipinski definition) is 3. The Hall–Kier alpha value is -0.820. The van der Waals surface area contributed by atoms with Gasteiger partial charge in [-0.1, -0.05) is 0 Å². The third kappa shape index (κ3) is 5.82. The minimum atomic E-state index is -4.29. The molecule has 1 aliphatic carbocycles. The van der Waals surface area contributed by atoms with E-state index < -0.39 is 18.9 Å². The first-order valence-electron chi connectivity index (χ1n) is 7.63. The maximum atomic E-state index is 12.2. The molecule has 4 nitrogen and oxygen atoms in total. The summed E-state index contributed by atoms with van der Waals surface area (Å²) in [5.41, 5.74) is 0. The van der Waals surface area contributed by atoms with Crippen molar-refractivity contribution in [2.45, 2.75) is 56.8 Å². The molecular weight excluding hydrogens is 285 g/mol. The van der Waals surface area contributed by atoms with Crippen molar-refractivity contribution in [2.24, 2.45) is 5.92 Å². The first kappa shape index (κ1) is 16.5. The predicted molar refractivity (Wildman–Crippen MR) is 71.8 cm³/mol. The molecule has 2 N–H and O–H groups in total. The molecule has 1 saturated carbocycles.